The largest absolute Gasteiger partial charge is 0.478 e. The first-order valence-electron chi connectivity index (χ1n) is 8.90. The smallest absolute Gasteiger partial charge is 0.263 e. The zero-order chi connectivity index (χ0) is 20.4. The quantitative estimate of drug-likeness (QED) is 0.457. The van der Waals surface area contributed by atoms with Crippen molar-refractivity contribution in [2.45, 2.75) is 26.0 Å². The fourth-order valence-corrected chi connectivity index (χ4v) is 3.77. The van der Waals surface area contributed by atoms with Crippen molar-refractivity contribution in [1.29, 1.82) is 0 Å². The van der Waals surface area contributed by atoms with Crippen molar-refractivity contribution in [3.63, 3.8) is 0 Å². The van der Waals surface area contributed by atoms with Crippen LogP contribution in [0.25, 0.3) is 15.5 Å². The third-order valence-electron chi connectivity index (χ3n) is 4.27. The minimum absolute atomic E-state index is 0.182. The predicted molar refractivity (Wildman–Crippen MR) is 115 cm³/mol. The molecule has 0 aliphatic rings. The van der Waals surface area contributed by atoms with Crippen LogP contribution in [0.3, 0.4) is 0 Å². The SMILES string of the molecule is CC(C)(Oc1ccc(Br)cc1)C(=O)NCc1ccc(-c2nn3cnnc3s2)cc1. The molecule has 0 unspecified atom stereocenters. The monoisotopic (exact) mass is 471 g/mol. The number of carbonyl (C=O) groups is 1. The Morgan fingerprint density at radius 2 is 1.90 bits per heavy atom. The molecule has 29 heavy (non-hydrogen) atoms. The summed E-state index contributed by atoms with van der Waals surface area (Å²) in [5.41, 5.74) is 0.997. The summed E-state index contributed by atoms with van der Waals surface area (Å²) < 4.78 is 8.46. The highest BCUT2D eigenvalue weighted by molar-refractivity contribution is 9.10. The Bertz CT molecular complexity index is 1110. The number of halogens is 1. The Labute approximate surface area is 179 Å². The number of nitrogens with one attached hydrogen (secondary N) is 1. The molecule has 0 bridgehead atoms. The number of ether oxygens (including phenoxy) is 1. The minimum Gasteiger partial charge on any atom is -0.478 e. The molecule has 0 saturated carbocycles. The summed E-state index contributed by atoms with van der Waals surface area (Å²) in [4.78, 5) is 13.4. The van der Waals surface area contributed by atoms with E-state index in [1.54, 1.807) is 24.7 Å². The van der Waals surface area contributed by atoms with Gasteiger partial charge in [0.05, 0.1) is 0 Å². The molecule has 2 aromatic carbocycles. The van der Waals surface area contributed by atoms with Crippen LogP contribution in [0.2, 0.25) is 0 Å². The molecule has 1 N–H and O–H groups in total. The lowest BCUT2D eigenvalue weighted by Crippen LogP contribution is -2.46. The molecule has 2 aromatic heterocycles. The first-order chi connectivity index (χ1) is 13.9. The van der Waals surface area contributed by atoms with Gasteiger partial charge in [-0.05, 0) is 43.7 Å². The van der Waals surface area contributed by atoms with Crippen molar-refractivity contribution < 1.29 is 9.53 Å². The van der Waals surface area contributed by atoms with Gasteiger partial charge in [0, 0.05) is 16.6 Å². The van der Waals surface area contributed by atoms with Crippen LogP contribution in [0.4, 0.5) is 0 Å². The van der Waals surface area contributed by atoms with Crippen LogP contribution in [0, 0.1) is 0 Å². The Hall–Kier alpha value is -2.78. The Morgan fingerprint density at radius 1 is 1.17 bits per heavy atom. The van der Waals surface area contributed by atoms with Crippen LogP contribution in [-0.2, 0) is 11.3 Å². The van der Waals surface area contributed by atoms with E-state index in [1.807, 2.05) is 48.5 Å². The molecule has 1 amide bonds. The minimum atomic E-state index is -0.989. The molecular formula is C20H18BrN5O2S. The number of nitrogens with zero attached hydrogens (tertiary/aromatic N) is 4. The van der Waals surface area contributed by atoms with E-state index >= 15 is 0 Å². The van der Waals surface area contributed by atoms with Gasteiger partial charge in [-0.1, -0.05) is 51.5 Å². The number of benzene rings is 2. The first kappa shape index (κ1) is 19.5. The fourth-order valence-electron chi connectivity index (χ4n) is 2.68. The number of hydrogen-bond acceptors (Lipinski definition) is 6. The number of carbonyl (C=O) groups excluding carboxylic acids is 1. The van der Waals surface area contributed by atoms with Crippen molar-refractivity contribution in [3.05, 3.63) is 64.9 Å². The van der Waals surface area contributed by atoms with E-state index in [0.29, 0.717) is 12.3 Å². The summed E-state index contributed by atoms with van der Waals surface area (Å²) in [6, 6.07) is 15.3. The van der Waals surface area contributed by atoms with Crippen molar-refractivity contribution in [2.75, 3.05) is 0 Å². The molecule has 0 spiro atoms. The maximum Gasteiger partial charge on any atom is 0.263 e. The molecule has 4 rings (SSSR count). The van der Waals surface area contributed by atoms with Crippen molar-refractivity contribution >= 4 is 38.1 Å². The third kappa shape index (κ3) is 4.46. The van der Waals surface area contributed by atoms with Crippen LogP contribution >= 0.6 is 27.3 Å². The predicted octanol–water partition coefficient (Wildman–Crippen LogP) is 4.09. The zero-order valence-corrected chi connectivity index (χ0v) is 18.2. The molecule has 0 aliphatic heterocycles. The van der Waals surface area contributed by atoms with Crippen LogP contribution in [0.15, 0.2) is 59.3 Å². The Morgan fingerprint density at radius 3 is 2.59 bits per heavy atom. The van der Waals surface area contributed by atoms with E-state index in [1.165, 1.54) is 11.3 Å². The van der Waals surface area contributed by atoms with E-state index in [0.717, 1.165) is 25.6 Å². The molecule has 0 saturated heterocycles. The lowest BCUT2D eigenvalue weighted by molar-refractivity contribution is -0.134. The summed E-state index contributed by atoms with van der Waals surface area (Å²) in [7, 11) is 0. The van der Waals surface area contributed by atoms with Gasteiger partial charge < -0.3 is 10.1 Å². The summed E-state index contributed by atoms with van der Waals surface area (Å²) in [5, 5.41) is 16.1. The lowest BCUT2D eigenvalue weighted by atomic mass is 10.1. The summed E-state index contributed by atoms with van der Waals surface area (Å²) in [6.45, 7) is 3.92. The fraction of sp³-hybridized carbons (Fsp3) is 0.200. The molecule has 4 aromatic rings. The molecule has 7 nitrogen and oxygen atoms in total. The second-order valence-electron chi connectivity index (χ2n) is 6.91. The number of amides is 1. The highest BCUT2D eigenvalue weighted by Gasteiger charge is 2.29. The van der Waals surface area contributed by atoms with Gasteiger partial charge >= 0.3 is 0 Å². The number of aromatic nitrogens is 4. The van der Waals surface area contributed by atoms with Gasteiger partial charge in [-0.15, -0.1) is 10.2 Å². The van der Waals surface area contributed by atoms with Crippen LogP contribution in [0.5, 0.6) is 5.75 Å². The van der Waals surface area contributed by atoms with E-state index in [-0.39, 0.29) is 5.91 Å². The standard InChI is InChI=1S/C20H18BrN5O2S/c1-20(2,28-16-9-7-15(21)8-10-16)18(27)22-11-13-3-5-14(6-4-13)17-25-26-12-23-24-19(26)29-17/h3-10,12H,11H2,1-2H3,(H,22,27). The normalized spacial score (nSPS) is 11.6. The van der Waals surface area contributed by atoms with Crippen molar-refractivity contribution in [2.24, 2.45) is 0 Å². The van der Waals surface area contributed by atoms with E-state index in [2.05, 4.69) is 36.5 Å². The van der Waals surface area contributed by atoms with Crippen molar-refractivity contribution in [1.82, 2.24) is 25.1 Å². The third-order valence-corrected chi connectivity index (χ3v) is 5.76. The van der Waals surface area contributed by atoms with Gasteiger partial charge in [0.2, 0.25) is 4.96 Å². The molecular weight excluding hydrogens is 454 g/mol. The second kappa shape index (κ2) is 7.92. The topological polar surface area (TPSA) is 81.4 Å². The van der Waals surface area contributed by atoms with E-state index < -0.39 is 5.60 Å². The highest BCUT2D eigenvalue weighted by atomic mass is 79.9. The molecule has 0 radical (unpaired) electrons. The highest BCUT2D eigenvalue weighted by Crippen LogP contribution is 2.25. The molecule has 148 valence electrons. The van der Waals surface area contributed by atoms with Crippen LogP contribution < -0.4 is 10.1 Å². The van der Waals surface area contributed by atoms with Crippen LogP contribution in [-0.4, -0.2) is 31.3 Å². The van der Waals surface area contributed by atoms with Gasteiger partial charge in [0.25, 0.3) is 5.91 Å². The second-order valence-corrected chi connectivity index (χ2v) is 8.78. The van der Waals surface area contributed by atoms with E-state index in [4.69, 9.17) is 4.74 Å². The maximum atomic E-state index is 12.6. The van der Waals surface area contributed by atoms with E-state index in [9.17, 15) is 4.79 Å². The average molecular weight is 472 g/mol. The Balaban J connectivity index is 1.37. The summed E-state index contributed by atoms with van der Waals surface area (Å²) >= 11 is 4.86. The van der Waals surface area contributed by atoms with Gasteiger partial charge in [-0.3, -0.25) is 4.79 Å². The van der Waals surface area contributed by atoms with Crippen molar-refractivity contribution in [3.8, 4) is 16.3 Å². The number of hydrogen-bond donors (Lipinski definition) is 1. The number of rotatable bonds is 6. The average Bonchev–Trinajstić information content (AvgIpc) is 3.30. The molecule has 2 heterocycles. The molecule has 9 heteroatoms. The molecule has 0 fully saturated rings. The molecule has 0 atom stereocenters. The zero-order valence-electron chi connectivity index (χ0n) is 15.8. The Kier molecular flexibility index (Phi) is 5.33. The lowest BCUT2D eigenvalue weighted by Gasteiger charge is -2.25. The first-order valence-corrected chi connectivity index (χ1v) is 10.5. The van der Waals surface area contributed by atoms with Gasteiger partial charge in [-0.25, -0.2) is 0 Å². The van der Waals surface area contributed by atoms with Crippen LogP contribution in [0.1, 0.15) is 19.4 Å². The maximum absolute atomic E-state index is 12.6. The molecule has 0 aliphatic carbocycles. The summed E-state index contributed by atoms with van der Waals surface area (Å²) in [6.07, 6.45) is 1.58. The van der Waals surface area contributed by atoms with Gasteiger partial charge in [0.15, 0.2) is 5.60 Å². The van der Waals surface area contributed by atoms with Gasteiger partial charge in [-0.2, -0.15) is 9.61 Å². The summed E-state index contributed by atoms with van der Waals surface area (Å²) in [5.74, 6) is 0.459. The number of fused-ring (bicyclic) bond motifs is 1. The van der Waals surface area contributed by atoms with Gasteiger partial charge in [0.1, 0.15) is 17.1 Å².